The molecule has 0 aromatic heterocycles. The number of hydrogen-bond donors (Lipinski definition) is 0. The van der Waals surface area contributed by atoms with Crippen LogP contribution in [0.1, 0.15) is 11.1 Å². The number of benzene rings is 2. The molecule has 0 radical (unpaired) electrons. The Labute approximate surface area is 134 Å². The van der Waals surface area contributed by atoms with E-state index in [1.807, 2.05) is 30.3 Å². The van der Waals surface area contributed by atoms with E-state index in [4.69, 9.17) is 4.74 Å². The highest BCUT2D eigenvalue weighted by Crippen LogP contribution is 2.33. The van der Waals surface area contributed by atoms with E-state index in [9.17, 15) is 13.2 Å². The third-order valence-corrected chi connectivity index (χ3v) is 5.03. The summed E-state index contributed by atoms with van der Waals surface area (Å²) in [7, 11) is -3.47. The van der Waals surface area contributed by atoms with Crippen LogP contribution < -0.4 is 0 Å². The minimum Gasteiger partial charge on any atom is -0.457 e. The van der Waals surface area contributed by atoms with Crippen LogP contribution in [0.3, 0.4) is 0 Å². The second kappa shape index (κ2) is 5.85. The van der Waals surface area contributed by atoms with Crippen LogP contribution in [0, 0.1) is 0 Å². The Balaban J connectivity index is 2.08. The quantitative estimate of drug-likeness (QED) is 0.810. The molecule has 23 heavy (non-hydrogen) atoms. The van der Waals surface area contributed by atoms with Gasteiger partial charge in [0.25, 0.3) is 0 Å². The first-order valence-corrected chi connectivity index (χ1v) is 8.51. The molecule has 0 atom stereocenters. The predicted molar refractivity (Wildman–Crippen MR) is 88.0 cm³/mol. The lowest BCUT2D eigenvalue weighted by atomic mass is 9.97. The molecule has 0 unspecified atom stereocenters. The van der Waals surface area contributed by atoms with Gasteiger partial charge in [0.1, 0.15) is 6.61 Å². The third-order valence-electron chi connectivity index (χ3n) is 3.67. The van der Waals surface area contributed by atoms with Gasteiger partial charge in [-0.1, -0.05) is 49.0 Å². The highest BCUT2D eigenvalue weighted by Gasteiger charge is 2.27. The molecule has 0 amide bonds. The fourth-order valence-corrected chi connectivity index (χ4v) is 3.18. The lowest BCUT2D eigenvalue weighted by Gasteiger charge is -2.06. The molecule has 0 spiro atoms. The summed E-state index contributed by atoms with van der Waals surface area (Å²) in [6.45, 7) is 3.49. The number of carbonyl (C=O) groups is 1. The number of rotatable bonds is 4. The van der Waals surface area contributed by atoms with Gasteiger partial charge >= 0.3 is 5.97 Å². The molecular formula is C18H14O4S. The monoisotopic (exact) mass is 326 g/mol. The number of cyclic esters (lactones) is 1. The summed E-state index contributed by atoms with van der Waals surface area (Å²) in [5.74, 6) is -0.367. The maximum atomic E-state index is 12.0. The Bertz CT molecular complexity index is 892. The first kappa shape index (κ1) is 15.2. The number of sulfone groups is 1. The number of carbonyl (C=O) groups excluding carboxylic acids is 1. The Kier molecular flexibility index (Phi) is 3.88. The van der Waals surface area contributed by atoms with Crippen molar-refractivity contribution in [1.82, 2.24) is 0 Å². The highest BCUT2D eigenvalue weighted by atomic mass is 32.2. The number of esters is 1. The predicted octanol–water partition coefficient (Wildman–Crippen LogP) is 3.07. The van der Waals surface area contributed by atoms with E-state index in [1.54, 1.807) is 12.1 Å². The molecule has 116 valence electrons. The molecule has 0 bridgehead atoms. The smallest absolute Gasteiger partial charge is 0.339 e. The molecule has 0 N–H and O–H groups in total. The topological polar surface area (TPSA) is 60.4 Å². The van der Waals surface area contributed by atoms with Crippen molar-refractivity contribution in [3.05, 3.63) is 77.7 Å². The Morgan fingerprint density at radius 2 is 1.61 bits per heavy atom. The SMILES string of the molecule is C=CS(=O)(=O)c1ccc(C2=C(c3ccccc3)C(=O)OC2)cc1. The lowest BCUT2D eigenvalue weighted by molar-refractivity contribution is -0.133. The Morgan fingerprint density at radius 1 is 0.957 bits per heavy atom. The third kappa shape index (κ3) is 2.83. The molecule has 3 rings (SSSR count). The van der Waals surface area contributed by atoms with E-state index < -0.39 is 9.84 Å². The molecular weight excluding hydrogens is 312 g/mol. The van der Waals surface area contributed by atoms with Gasteiger partial charge in [-0.15, -0.1) is 0 Å². The van der Waals surface area contributed by atoms with Crippen LogP contribution in [0.15, 0.2) is 71.5 Å². The van der Waals surface area contributed by atoms with Crippen LogP contribution in [-0.4, -0.2) is 21.0 Å². The van der Waals surface area contributed by atoms with Gasteiger partial charge in [0.2, 0.25) is 0 Å². The van der Waals surface area contributed by atoms with E-state index >= 15 is 0 Å². The summed E-state index contributed by atoms with van der Waals surface area (Å²) in [5.41, 5.74) is 2.82. The van der Waals surface area contributed by atoms with E-state index in [1.165, 1.54) is 12.1 Å². The minimum atomic E-state index is -3.47. The van der Waals surface area contributed by atoms with Crippen LogP contribution in [0.4, 0.5) is 0 Å². The molecule has 1 heterocycles. The summed E-state index contributed by atoms with van der Waals surface area (Å²) >= 11 is 0. The molecule has 4 nitrogen and oxygen atoms in total. The van der Waals surface area contributed by atoms with Gasteiger partial charge in [0.15, 0.2) is 9.84 Å². The van der Waals surface area contributed by atoms with Gasteiger partial charge in [-0.2, -0.15) is 0 Å². The number of ether oxygens (including phenoxy) is 1. The molecule has 5 heteroatoms. The van der Waals surface area contributed by atoms with Gasteiger partial charge in [-0.25, -0.2) is 13.2 Å². The summed E-state index contributed by atoms with van der Waals surface area (Å²) in [5, 5.41) is 0.916. The van der Waals surface area contributed by atoms with E-state index in [0.717, 1.165) is 22.1 Å². The normalized spacial score (nSPS) is 14.7. The van der Waals surface area contributed by atoms with Gasteiger partial charge < -0.3 is 4.74 Å². The fraction of sp³-hybridized carbons (Fsp3) is 0.0556. The van der Waals surface area contributed by atoms with Crippen LogP contribution in [0.25, 0.3) is 11.1 Å². The summed E-state index contributed by atoms with van der Waals surface area (Å²) < 4.78 is 28.7. The lowest BCUT2D eigenvalue weighted by Crippen LogP contribution is -1.98. The van der Waals surface area contributed by atoms with Crippen molar-refractivity contribution >= 4 is 27.0 Å². The summed E-state index contributed by atoms with van der Waals surface area (Å²) in [6, 6.07) is 15.6. The average molecular weight is 326 g/mol. The second-order valence-electron chi connectivity index (χ2n) is 5.03. The molecule has 2 aromatic carbocycles. The zero-order valence-electron chi connectivity index (χ0n) is 12.2. The highest BCUT2D eigenvalue weighted by molar-refractivity contribution is 7.94. The van der Waals surface area contributed by atoms with Gasteiger partial charge in [-0.05, 0) is 23.3 Å². The van der Waals surface area contributed by atoms with E-state index in [-0.39, 0.29) is 17.5 Å². The summed E-state index contributed by atoms with van der Waals surface area (Å²) in [6.07, 6.45) is 0. The van der Waals surface area contributed by atoms with Crippen molar-refractivity contribution in [2.75, 3.05) is 6.61 Å². The van der Waals surface area contributed by atoms with Gasteiger partial charge in [0.05, 0.1) is 10.5 Å². The van der Waals surface area contributed by atoms with Crippen molar-refractivity contribution in [2.45, 2.75) is 4.90 Å². The van der Waals surface area contributed by atoms with Crippen LogP contribution >= 0.6 is 0 Å². The van der Waals surface area contributed by atoms with Gasteiger partial charge in [-0.3, -0.25) is 0 Å². The standard InChI is InChI=1S/C18H14O4S/c1-2-23(20,21)15-10-8-13(9-11-15)16-12-22-18(19)17(16)14-6-4-3-5-7-14/h2-11H,1,12H2. The first-order valence-electron chi connectivity index (χ1n) is 6.96. The molecule has 1 aliphatic rings. The Morgan fingerprint density at radius 3 is 2.22 bits per heavy atom. The molecule has 0 fully saturated rings. The fourth-order valence-electron chi connectivity index (χ4n) is 2.47. The van der Waals surface area contributed by atoms with Crippen molar-refractivity contribution in [3.63, 3.8) is 0 Å². The van der Waals surface area contributed by atoms with E-state index in [0.29, 0.717) is 5.57 Å². The molecule has 2 aromatic rings. The average Bonchev–Trinajstić information content (AvgIpc) is 2.97. The van der Waals surface area contributed by atoms with Crippen molar-refractivity contribution in [1.29, 1.82) is 0 Å². The zero-order valence-corrected chi connectivity index (χ0v) is 13.0. The van der Waals surface area contributed by atoms with Crippen molar-refractivity contribution < 1.29 is 17.9 Å². The molecule has 0 saturated heterocycles. The zero-order chi connectivity index (χ0) is 16.4. The van der Waals surface area contributed by atoms with Crippen molar-refractivity contribution in [2.24, 2.45) is 0 Å². The van der Waals surface area contributed by atoms with Crippen LogP contribution in [-0.2, 0) is 19.4 Å². The largest absolute Gasteiger partial charge is 0.457 e. The molecule has 1 aliphatic heterocycles. The molecule has 0 aliphatic carbocycles. The maximum Gasteiger partial charge on any atom is 0.339 e. The van der Waals surface area contributed by atoms with Crippen LogP contribution in [0.5, 0.6) is 0 Å². The van der Waals surface area contributed by atoms with Crippen molar-refractivity contribution in [3.8, 4) is 0 Å². The minimum absolute atomic E-state index is 0.170. The summed E-state index contributed by atoms with van der Waals surface area (Å²) in [4.78, 5) is 12.2. The van der Waals surface area contributed by atoms with E-state index in [2.05, 4.69) is 6.58 Å². The molecule has 0 saturated carbocycles. The maximum absolute atomic E-state index is 12.0. The van der Waals surface area contributed by atoms with Crippen LogP contribution in [0.2, 0.25) is 0 Å². The second-order valence-corrected chi connectivity index (χ2v) is 6.93. The Hall–Kier alpha value is -2.66. The van der Waals surface area contributed by atoms with Gasteiger partial charge in [0, 0.05) is 11.0 Å². The first-order chi connectivity index (χ1) is 11.0. The number of hydrogen-bond acceptors (Lipinski definition) is 4.